The molecule has 0 radical (unpaired) electrons. The average Bonchev–Trinajstić information content (AvgIpc) is 2.76. The van der Waals surface area contributed by atoms with Gasteiger partial charge < -0.3 is 10.3 Å². The van der Waals surface area contributed by atoms with Gasteiger partial charge in [0.25, 0.3) is 0 Å². The molecule has 4 fully saturated rings. The molecule has 4 saturated carbocycles. The summed E-state index contributed by atoms with van der Waals surface area (Å²) >= 11 is 0. The normalized spacial score (nSPS) is 43.2. The third-order valence-corrected chi connectivity index (χ3v) is 5.35. The summed E-state index contributed by atoms with van der Waals surface area (Å²) in [5, 5.41) is 4.28. The van der Waals surface area contributed by atoms with Crippen LogP contribution in [0.2, 0.25) is 0 Å². The lowest BCUT2D eigenvalue weighted by atomic mass is 9.51. The monoisotopic (exact) mass is 232 g/mol. The van der Waals surface area contributed by atoms with Crippen molar-refractivity contribution in [1.29, 1.82) is 0 Å². The summed E-state index contributed by atoms with van der Waals surface area (Å²) in [6.07, 6.45) is 7.24. The lowest BCUT2D eigenvalue weighted by Crippen LogP contribution is -2.43. The predicted molar refractivity (Wildman–Crippen MR) is 64.2 cm³/mol. The molecule has 92 valence electrons. The first-order valence-corrected chi connectivity index (χ1v) is 6.99. The summed E-state index contributed by atoms with van der Waals surface area (Å²) in [6, 6.07) is 2.10. The van der Waals surface area contributed by atoms with E-state index in [9.17, 15) is 0 Å². The van der Waals surface area contributed by atoms with Crippen LogP contribution in [0.5, 0.6) is 0 Å². The lowest BCUT2D eigenvalue weighted by molar-refractivity contribution is -0.00506. The van der Waals surface area contributed by atoms with Crippen LogP contribution in [-0.2, 0) is 6.54 Å². The highest BCUT2D eigenvalue weighted by atomic mass is 16.5. The Morgan fingerprint density at radius 1 is 1.12 bits per heavy atom. The molecule has 5 rings (SSSR count). The fourth-order valence-electron chi connectivity index (χ4n) is 4.99. The molecular weight excluding hydrogens is 212 g/mol. The summed E-state index contributed by atoms with van der Waals surface area (Å²) in [7, 11) is 0. The van der Waals surface area contributed by atoms with Crippen molar-refractivity contribution in [3.63, 3.8) is 0 Å². The van der Waals surface area contributed by atoms with Gasteiger partial charge in [-0.1, -0.05) is 5.16 Å². The first-order valence-electron chi connectivity index (χ1n) is 6.99. The molecule has 0 amide bonds. The molecule has 0 aliphatic heterocycles. The molecule has 1 aromatic heterocycles. The molecule has 4 aliphatic carbocycles. The molecule has 0 unspecified atom stereocenters. The van der Waals surface area contributed by atoms with Gasteiger partial charge in [0.2, 0.25) is 0 Å². The van der Waals surface area contributed by atoms with Gasteiger partial charge in [-0.2, -0.15) is 0 Å². The second-order valence-electron chi connectivity index (χ2n) is 6.38. The van der Waals surface area contributed by atoms with E-state index in [4.69, 9.17) is 10.3 Å². The molecule has 1 heterocycles. The predicted octanol–water partition coefficient (Wildman–Crippen LogP) is 2.67. The SMILES string of the molecule is NCc1cc(C2C3CC4CC(C3)CC2C4)no1. The molecule has 3 heteroatoms. The number of nitrogens with two attached hydrogens (primary N) is 1. The van der Waals surface area contributed by atoms with E-state index in [0.29, 0.717) is 12.5 Å². The Hall–Kier alpha value is -0.830. The van der Waals surface area contributed by atoms with Crippen molar-refractivity contribution in [3.8, 4) is 0 Å². The van der Waals surface area contributed by atoms with Gasteiger partial charge in [-0.15, -0.1) is 0 Å². The molecule has 0 spiro atoms. The number of rotatable bonds is 2. The van der Waals surface area contributed by atoms with Gasteiger partial charge >= 0.3 is 0 Å². The van der Waals surface area contributed by atoms with E-state index in [1.807, 2.05) is 0 Å². The van der Waals surface area contributed by atoms with Crippen molar-refractivity contribution in [1.82, 2.24) is 5.16 Å². The minimum Gasteiger partial charge on any atom is -0.360 e. The van der Waals surface area contributed by atoms with E-state index >= 15 is 0 Å². The van der Waals surface area contributed by atoms with E-state index < -0.39 is 0 Å². The van der Waals surface area contributed by atoms with E-state index in [2.05, 4.69) is 11.2 Å². The van der Waals surface area contributed by atoms with Crippen LogP contribution in [0.3, 0.4) is 0 Å². The molecule has 0 aromatic carbocycles. The quantitative estimate of drug-likeness (QED) is 0.853. The maximum atomic E-state index is 5.60. The van der Waals surface area contributed by atoms with Gasteiger partial charge in [0.15, 0.2) is 5.76 Å². The summed E-state index contributed by atoms with van der Waals surface area (Å²) in [5.41, 5.74) is 6.80. The zero-order chi connectivity index (χ0) is 11.4. The summed E-state index contributed by atoms with van der Waals surface area (Å²) in [4.78, 5) is 0. The molecule has 0 saturated heterocycles. The molecule has 0 atom stereocenters. The van der Waals surface area contributed by atoms with E-state index in [-0.39, 0.29) is 0 Å². The van der Waals surface area contributed by atoms with Crippen molar-refractivity contribution in [2.45, 2.75) is 44.6 Å². The van der Waals surface area contributed by atoms with Crippen LogP contribution in [0.4, 0.5) is 0 Å². The highest BCUT2D eigenvalue weighted by Crippen LogP contribution is 2.59. The summed E-state index contributed by atoms with van der Waals surface area (Å²) < 4.78 is 5.30. The molecule has 4 bridgehead atoms. The maximum Gasteiger partial charge on any atom is 0.150 e. The Kier molecular flexibility index (Phi) is 2.13. The number of hydrogen-bond donors (Lipinski definition) is 1. The Labute approximate surface area is 102 Å². The minimum absolute atomic E-state index is 0.473. The second-order valence-corrected chi connectivity index (χ2v) is 6.38. The van der Waals surface area contributed by atoms with E-state index in [1.165, 1.54) is 37.8 Å². The van der Waals surface area contributed by atoms with Crippen LogP contribution in [0.1, 0.15) is 49.5 Å². The lowest BCUT2D eigenvalue weighted by Gasteiger charge is -2.53. The number of hydrogen-bond acceptors (Lipinski definition) is 3. The fraction of sp³-hybridized carbons (Fsp3) is 0.786. The smallest absolute Gasteiger partial charge is 0.150 e. The Morgan fingerprint density at radius 3 is 2.29 bits per heavy atom. The summed E-state index contributed by atoms with van der Waals surface area (Å²) in [6.45, 7) is 0.473. The topological polar surface area (TPSA) is 52.0 Å². The van der Waals surface area contributed by atoms with Crippen LogP contribution in [0.25, 0.3) is 0 Å². The van der Waals surface area contributed by atoms with Crippen LogP contribution in [0, 0.1) is 23.7 Å². The van der Waals surface area contributed by atoms with Gasteiger partial charge in [0.05, 0.1) is 12.2 Å². The highest BCUT2D eigenvalue weighted by molar-refractivity contribution is 5.17. The summed E-state index contributed by atoms with van der Waals surface area (Å²) in [5.74, 6) is 5.31. The first-order chi connectivity index (χ1) is 8.33. The fourth-order valence-corrected chi connectivity index (χ4v) is 4.99. The van der Waals surface area contributed by atoms with Crippen molar-refractivity contribution >= 4 is 0 Å². The van der Waals surface area contributed by atoms with Crippen molar-refractivity contribution in [3.05, 3.63) is 17.5 Å². The Bertz CT molecular complexity index is 398. The molecule has 2 N–H and O–H groups in total. The zero-order valence-electron chi connectivity index (χ0n) is 10.1. The maximum absolute atomic E-state index is 5.60. The minimum atomic E-state index is 0.473. The van der Waals surface area contributed by atoms with Crippen LogP contribution < -0.4 is 5.73 Å². The largest absolute Gasteiger partial charge is 0.360 e. The average molecular weight is 232 g/mol. The Balaban J connectivity index is 1.65. The molecule has 1 aromatic rings. The number of aromatic nitrogens is 1. The third kappa shape index (κ3) is 1.48. The van der Waals surface area contributed by atoms with E-state index in [0.717, 1.165) is 29.4 Å². The van der Waals surface area contributed by atoms with Crippen LogP contribution in [-0.4, -0.2) is 5.16 Å². The van der Waals surface area contributed by atoms with Crippen LogP contribution >= 0.6 is 0 Å². The Morgan fingerprint density at radius 2 is 1.76 bits per heavy atom. The third-order valence-electron chi connectivity index (χ3n) is 5.35. The van der Waals surface area contributed by atoms with E-state index in [1.54, 1.807) is 0 Å². The van der Waals surface area contributed by atoms with Gasteiger partial charge in [-0.25, -0.2) is 0 Å². The molecule has 4 aliphatic rings. The van der Waals surface area contributed by atoms with Crippen LogP contribution in [0.15, 0.2) is 10.6 Å². The van der Waals surface area contributed by atoms with Crippen molar-refractivity contribution in [2.75, 3.05) is 0 Å². The number of nitrogens with zero attached hydrogens (tertiary/aromatic N) is 1. The van der Waals surface area contributed by atoms with Crippen molar-refractivity contribution < 1.29 is 4.52 Å². The first kappa shape index (κ1) is 10.1. The van der Waals surface area contributed by atoms with Gasteiger partial charge in [0.1, 0.15) is 0 Å². The highest BCUT2D eigenvalue weighted by Gasteiger charge is 2.49. The zero-order valence-corrected chi connectivity index (χ0v) is 10.1. The second kappa shape index (κ2) is 3.58. The van der Waals surface area contributed by atoms with Gasteiger partial charge in [-0.05, 0) is 55.8 Å². The van der Waals surface area contributed by atoms with Gasteiger partial charge in [0, 0.05) is 12.0 Å². The standard InChI is InChI=1S/C14H20N2O/c15-7-12-6-13(16-17-12)14-10-2-8-1-9(4-10)5-11(14)3-8/h6,8-11,14H,1-5,7,15H2. The molecule has 3 nitrogen and oxygen atoms in total. The molecular formula is C14H20N2O. The van der Waals surface area contributed by atoms with Crippen molar-refractivity contribution in [2.24, 2.45) is 29.4 Å². The van der Waals surface area contributed by atoms with Gasteiger partial charge in [-0.3, -0.25) is 0 Å². The molecule has 17 heavy (non-hydrogen) atoms.